The molecule has 0 aromatic heterocycles. The highest BCUT2D eigenvalue weighted by Gasteiger charge is 2.15. The van der Waals surface area contributed by atoms with E-state index in [-0.39, 0.29) is 24.3 Å². The molecule has 0 saturated heterocycles. The number of hydrogen-bond acceptors (Lipinski definition) is 5. The first-order valence-electron chi connectivity index (χ1n) is 10.7. The zero-order valence-electron chi connectivity index (χ0n) is 18.9. The molecule has 176 valence electrons. The Balaban J connectivity index is 0.000000482. The van der Waals surface area contributed by atoms with Crippen molar-refractivity contribution >= 4 is 58.8 Å². The fourth-order valence-corrected chi connectivity index (χ4v) is 3.42. The fourth-order valence-electron chi connectivity index (χ4n) is 2.76. The van der Waals surface area contributed by atoms with E-state index in [1.54, 1.807) is 6.92 Å². The zero-order valence-corrected chi connectivity index (χ0v) is 21.8. The van der Waals surface area contributed by atoms with Gasteiger partial charge in [-0.3, -0.25) is 14.4 Å². The fraction of sp³-hybridized carbons (Fsp3) is 0.435. The maximum atomic E-state index is 12.1. The summed E-state index contributed by atoms with van der Waals surface area (Å²) in [6, 6.07) is 13.5. The molecule has 2 aromatic rings. The van der Waals surface area contributed by atoms with Gasteiger partial charge in [-0.25, -0.2) is 4.72 Å². The van der Waals surface area contributed by atoms with Crippen molar-refractivity contribution in [2.45, 2.75) is 52.6 Å². The molecular formula is C23H33IN4O3S. The minimum Gasteiger partial charge on any atom is -0.356 e. The molecule has 0 aliphatic heterocycles. The summed E-state index contributed by atoms with van der Waals surface area (Å²) in [4.78, 5) is 34.3. The highest BCUT2D eigenvalue weighted by atomic mass is 127. The van der Waals surface area contributed by atoms with E-state index >= 15 is 0 Å². The summed E-state index contributed by atoms with van der Waals surface area (Å²) in [7, 11) is 1.33. The van der Waals surface area contributed by atoms with E-state index in [0.29, 0.717) is 13.0 Å². The quantitative estimate of drug-likeness (QED) is 0.186. The number of carbonyl (C=O) groups is 3. The number of halogens is 1. The van der Waals surface area contributed by atoms with Crippen LogP contribution in [0.5, 0.6) is 0 Å². The van der Waals surface area contributed by atoms with Crippen LogP contribution in [0.3, 0.4) is 0 Å². The van der Waals surface area contributed by atoms with Crippen molar-refractivity contribution in [2.75, 3.05) is 13.1 Å². The van der Waals surface area contributed by atoms with Crippen LogP contribution in [0.1, 0.15) is 45.6 Å². The number of rotatable bonds is 11. The normalized spacial score (nSPS) is 11.1. The molecule has 3 amide bonds. The third-order valence-corrected chi connectivity index (χ3v) is 5.75. The van der Waals surface area contributed by atoms with Gasteiger partial charge in [0.25, 0.3) is 0 Å². The van der Waals surface area contributed by atoms with Gasteiger partial charge >= 0.3 is 0 Å². The molecule has 0 saturated carbocycles. The van der Waals surface area contributed by atoms with E-state index in [0.717, 1.165) is 35.7 Å². The Hall–Kier alpha value is -1.85. The van der Waals surface area contributed by atoms with Gasteiger partial charge in [0.1, 0.15) is 6.04 Å². The lowest BCUT2D eigenvalue weighted by atomic mass is 10.0. The number of fused-ring (bicyclic) bond motifs is 1. The van der Waals surface area contributed by atoms with Crippen LogP contribution < -0.4 is 20.7 Å². The van der Waals surface area contributed by atoms with Crippen molar-refractivity contribution in [3.8, 4) is 0 Å². The average Bonchev–Trinajstić information content (AvgIpc) is 2.81. The monoisotopic (exact) mass is 572 g/mol. The lowest BCUT2D eigenvalue weighted by molar-refractivity contribution is -0.128. The first-order valence-corrected chi connectivity index (χ1v) is 14.1. The van der Waals surface area contributed by atoms with Crippen molar-refractivity contribution in [2.24, 2.45) is 0 Å². The Bertz CT molecular complexity index is 861. The first-order chi connectivity index (χ1) is 15.4. The molecule has 0 heterocycles. The minimum atomic E-state index is -0.571. The van der Waals surface area contributed by atoms with Crippen molar-refractivity contribution in [3.05, 3.63) is 48.0 Å². The van der Waals surface area contributed by atoms with Crippen LogP contribution in [-0.4, -0.2) is 36.9 Å². The number of amides is 3. The lowest BCUT2D eigenvalue weighted by Crippen LogP contribution is -2.46. The largest absolute Gasteiger partial charge is 0.356 e. The molecule has 7 nitrogen and oxygen atoms in total. The third kappa shape index (κ3) is 11.1. The topological polar surface area (TPSA) is 99.3 Å². The van der Waals surface area contributed by atoms with Crippen molar-refractivity contribution in [1.29, 1.82) is 0 Å². The Labute approximate surface area is 207 Å². The van der Waals surface area contributed by atoms with Crippen LogP contribution in [0.2, 0.25) is 0 Å². The Morgan fingerprint density at radius 1 is 1.00 bits per heavy atom. The molecule has 1 atom stereocenters. The predicted octanol–water partition coefficient (Wildman–Crippen LogP) is 3.86. The van der Waals surface area contributed by atoms with E-state index in [1.165, 1.54) is 9.12 Å². The van der Waals surface area contributed by atoms with Gasteiger partial charge in [-0.2, -0.15) is 0 Å². The van der Waals surface area contributed by atoms with Crippen molar-refractivity contribution < 1.29 is 14.4 Å². The summed E-state index contributed by atoms with van der Waals surface area (Å²) < 4.78 is 2.83. The lowest BCUT2D eigenvalue weighted by Gasteiger charge is -2.15. The molecular weight excluding hydrogens is 539 g/mol. The summed E-state index contributed by atoms with van der Waals surface area (Å²) in [6.07, 6.45) is 2.83. The number of nitrogens with one attached hydrogen (secondary N) is 4. The molecule has 0 radical (unpaired) electrons. The van der Waals surface area contributed by atoms with Crippen LogP contribution >= 0.6 is 30.3 Å². The highest BCUT2D eigenvalue weighted by molar-refractivity contribution is 14.2. The standard InChI is InChI=1S/C16H18IN3O2S.C7H15NO/c1-11(20-15(21)10-19-23-17)16(22)18-9-13-7-4-6-12-5-2-3-8-14(12)13;1-3-5-6-8-7(9)4-2/h2-8,11,19H,9-10H2,1H3,(H,18,22)(H,20,21);3-6H2,1-2H3,(H,8,9). The molecule has 0 spiro atoms. The zero-order chi connectivity index (χ0) is 23.8. The SMILES string of the molecule is CC(NC(=O)CNSI)C(=O)NCc1cccc2ccccc12.CCCCNC(=O)CC. The van der Waals surface area contributed by atoms with Crippen LogP contribution in [-0.2, 0) is 20.9 Å². The number of carbonyl (C=O) groups excluding carboxylic acids is 3. The molecule has 1 unspecified atom stereocenters. The highest BCUT2D eigenvalue weighted by Crippen LogP contribution is 2.18. The minimum absolute atomic E-state index is 0.156. The van der Waals surface area contributed by atoms with Gasteiger partial charge in [0, 0.05) is 40.7 Å². The van der Waals surface area contributed by atoms with Gasteiger partial charge in [-0.1, -0.05) is 62.7 Å². The molecule has 4 N–H and O–H groups in total. The predicted molar refractivity (Wildman–Crippen MR) is 141 cm³/mol. The molecule has 9 heteroatoms. The van der Waals surface area contributed by atoms with Gasteiger partial charge in [0.05, 0.1) is 6.54 Å². The van der Waals surface area contributed by atoms with Gasteiger partial charge < -0.3 is 16.0 Å². The van der Waals surface area contributed by atoms with Gasteiger partial charge in [0.2, 0.25) is 17.7 Å². The third-order valence-electron chi connectivity index (χ3n) is 4.56. The van der Waals surface area contributed by atoms with Crippen molar-refractivity contribution in [1.82, 2.24) is 20.7 Å². The van der Waals surface area contributed by atoms with Crippen LogP contribution in [0.4, 0.5) is 0 Å². The molecule has 0 fully saturated rings. The van der Waals surface area contributed by atoms with Gasteiger partial charge in [-0.15, -0.1) is 0 Å². The molecule has 2 rings (SSSR count). The van der Waals surface area contributed by atoms with E-state index in [9.17, 15) is 14.4 Å². The summed E-state index contributed by atoms with van der Waals surface area (Å²) in [6.45, 7) is 7.09. The summed E-state index contributed by atoms with van der Waals surface area (Å²) in [5.41, 5.74) is 1.05. The van der Waals surface area contributed by atoms with E-state index in [2.05, 4.69) is 27.6 Å². The maximum Gasteiger partial charge on any atom is 0.242 e. The van der Waals surface area contributed by atoms with E-state index in [4.69, 9.17) is 0 Å². The van der Waals surface area contributed by atoms with Crippen LogP contribution in [0, 0.1) is 0 Å². The van der Waals surface area contributed by atoms with Crippen LogP contribution in [0.25, 0.3) is 10.8 Å². The molecule has 0 bridgehead atoms. The molecule has 0 aliphatic rings. The average molecular weight is 573 g/mol. The Morgan fingerprint density at radius 3 is 2.41 bits per heavy atom. The van der Waals surface area contributed by atoms with Crippen molar-refractivity contribution in [3.63, 3.8) is 0 Å². The Kier molecular flexibility index (Phi) is 14.7. The van der Waals surface area contributed by atoms with Crippen LogP contribution in [0.15, 0.2) is 42.5 Å². The Morgan fingerprint density at radius 2 is 1.72 bits per heavy atom. The second kappa shape index (κ2) is 16.7. The molecule has 32 heavy (non-hydrogen) atoms. The molecule has 2 aromatic carbocycles. The smallest absolute Gasteiger partial charge is 0.242 e. The first kappa shape index (κ1) is 28.2. The summed E-state index contributed by atoms with van der Waals surface area (Å²) in [5.74, 6) is -0.251. The van der Waals surface area contributed by atoms with Gasteiger partial charge in [-0.05, 0) is 38.8 Å². The van der Waals surface area contributed by atoms with E-state index < -0.39 is 6.04 Å². The van der Waals surface area contributed by atoms with Gasteiger partial charge in [0.15, 0.2) is 0 Å². The number of unbranched alkanes of at least 4 members (excludes halogenated alkanes) is 1. The number of benzene rings is 2. The molecule has 0 aliphatic carbocycles. The second-order valence-corrected chi connectivity index (χ2v) is 8.86. The second-order valence-electron chi connectivity index (χ2n) is 7.10. The summed E-state index contributed by atoms with van der Waals surface area (Å²) in [5, 5.41) is 10.6. The maximum absolute atomic E-state index is 12.1. The number of hydrogen-bond donors (Lipinski definition) is 4. The summed E-state index contributed by atoms with van der Waals surface area (Å²) >= 11 is 2.04. The van der Waals surface area contributed by atoms with E-state index in [1.807, 2.05) is 70.6 Å².